The number of hydrogen-bond donors (Lipinski definition) is 0. The monoisotopic (exact) mass is 178 g/mol. The van der Waals surface area contributed by atoms with E-state index in [0.717, 1.165) is 10.9 Å². The highest BCUT2D eigenvalue weighted by atomic mass is 35.5. The molecule has 0 spiro atoms. The number of aryl methyl sites for hydroxylation is 1. The first-order valence-corrected chi connectivity index (χ1v) is 4.03. The average molecular weight is 179 g/mol. The maximum atomic E-state index is 5.77. The van der Waals surface area contributed by atoms with Gasteiger partial charge in [-0.3, -0.25) is 0 Å². The van der Waals surface area contributed by atoms with Crippen LogP contribution in [0.3, 0.4) is 0 Å². The lowest BCUT2D eigenvalue weighted by molar-refractivity contribution is 1.27. The number of rotatable bonds is 0. The Labute approximate surface area is 75.2 Å². The highest BCUT2D eigenvalue weighted by molar-refractivity contribution is 6.29. The summed E-state index contributed by atoms with van der Waals surface area (Å²) in [7, 11) is 0. The Bertz CT molecular complexity index is 426. The van der Waals surface area contributed by atoms with Gasteiger partial charge in [-0.2, -0.15) is 0 Å². The van der Waals surface area contributed by atoms with Gasteiger partial charge in [-0.25, -0.2) is 9.97 Å². The van der Waals surface area contributed by atoms with Crippen molar-refractivity contribution in [2.24, 2.45) is 0 Å². The average Bonchev–Trinajstić information content (AvgIpc) is 2.04. The van der Waals surface area contributed by atoms with Gasteiger partial charge < -0.3 is 0 Å². The minimum absolute atomic E-state index is 0.499. The van der Waals surface area contributed by atoms with E-state index in [4.69, 9.17) is 11.6 Å². The van der Waals surface area contributed by atoms with E-state index in [9.17, 15) is 0 Å². The number of halogens is 1. The number of hydrogen-bond acceptors (Lipinski definition) is 2. The summed E-state index contributed by atoms with van der Waals surface area (Å²) in [6.45, 7) is 2.00. The highest BCUT2D eigenvalue weighted by Crippen LogP contribution is 2.17. The zero-order valence-corrected chi connectivity index (χ0v) is 7.34. The van der Waals surface area contributed by atoms with Gasteiger partial charge in [-0.15, -0.1) is 0 Å². The van der Waals surface area contributed by atoms with Crippen LogP contribution in [0.15, 0.2) is 24.4 Å². The molecule has 0 bridgehead atoms. The fourth-order valence-corrected chi connectivity index (χ4v) is 1.43. The van der Waals surface area contributed by atoms with Crippen LogP contribution in [-0.2, 0) is 0 Å². The van der Waals surface area contributed by atoms with Gasteiger partial charge in [-0.1, -0.05) is 11.6 Å². The van der Waals surface area contributed by atoms with Gasteiger partial charge in [-0.05, 0) is 30.7 Å². The Morgan fingerprint density at radius 3 is 3.08 bits per heavy atom. The summed E-state index contributed by atoms with van der Waals surface area (Å²) in [6, 6.07) is 5.72. The second-order valence-electron chi connectivity index (χ2n) is 2.64. The molecular formula is C9H7ClN2. The number of nitrogens with zero attached hydrogens (tertiary/aromatic N) is 2. The largest absolute Gasteiger partial charge is 0.237 e. The predicted molar refractivity (Wildman–Crippen MR) is 49.3 cm³/mol. The maximum absolute atomic E-state index is 5.77. The Morgan fingerprint density at radius 1 is 1.42 bits per heavy atom. The first-order valence-electron chi connectivity index (χ1n) is 3.65. The van der Waals surface area contributed by atoms with Crippen LogP contribution < -0.4 is 0 Å². The molecule has 0 radical (unpaired) electrons. The van der Waals surface area contributed by atoms with E-state index >= 15 is 0 Å². The molecule has 0 saturated heterocycles. The van der Waals surface area contributed by atoms with E-state index < -0.39 is 0 Å². The molecule has 0 N–H and O–H groups in total. The van der Waals surface area contributed by atoms with Crippen LogP contribution in [0.5, 0.6) is 0 Å². The third kappa shape index (κ3) is 1.14. The van der Waals surface area contributed by atoms with Crippen molar-refractivity contribution in [3.8, 4) is 0 Å². The van der Waals surface area contributed by atoms with Gasteiger partial charge in [0.2, 0.25) is 0 Å². The van der Waals surface area contributed by atoms with E-state index in [1.807, 2.05) is 25.1 Å². The van der Waals surface area contributed by atoms with Crippen LogP contribution >= 0.6 is 11.6 Å². The van der Waals surface area contributed by atoms with Gasteiger partial charge >= 0.3 is 0 Å². The normalized spacial score (nSPS) is 10.5. The first kappa shape index (κ1) is 7.50. The quantitative estimate of drug-likeness (QED) is 0.580. The summed E-state index contributed by atoms with van der Waals surface area (Å²) in [5, 5.41) is 1.56. The summed E-state index contributed by atoms with van der Waals surface area (Å²) >= 11 is 5.77. The van der Waals surface area contributed by atoms with E-state index in [0.29, 0.717) is 10.8 Å². The minimum Gasteiger partial charge on any atom is -0.237 e. The topological polar surface area (TPSA) is 25.8 Å². The molecule has 0 aromatic carbocycles. The molecule has 2 aromatic heterocycles. The molecule has 0 saturated carbocycles. The molecule has 0 fully saturated rings. The fraction of sp³-hybridized carbons (Fsp3) is 0.111. The van der Waals surface area contributed by atoms with Crippen LogP contribution in [0.1, 0.15) is 5.56 Å². The Morgan fingerprint density at radius 2 is 2.25 bits per heavy atom. The molecule has 2 nitrogen and oxygen atoms in total. The van der Waals surface area contributed by atoms with Gasteiger partial charge in [0.25, 0.3) is 0 Å². The van der Waals surface area contributed by atoms with Crippen molar-refractivity contribution in [3.05, 3.63) is 35.1 Å². The number of aromatic nitrogens is 2. The summed E-state index contributed by atoms with van der Waals surface area (Å²) in [4.78, 5) is 8.20. The number of pyridine rings is 2. The van der Waals surface area contributed by atoms with Crippen molar-refractivity contribution >= 4 is 22.6 Å². The van der Waals surface area contributed by atoms with Crippen molar-refractivity contribution in [1.82, 2.24) is 9.97 Å². The number of fused-ring (bicyclic) bond motifs is 1. The predicted octanol–water partition coefficient (Wildman–Crippen LogP) is 2.59. The standard InChI is InChI=1S/C9H7ClN2/c1-6-5-8(10)12-9-7(6)3-2-4-11-9/h2-5H,1H3. The van der Waals surface area contributed by atoms with E-state index in [2.05, 4.69) is 9.97 Å². The van der Waals surface area contributed by atoms with Crippen LogP contribution in [-0.4, -0.2) is 9.97 Å². The van der Waals surface area contributed by atoms with Crippen LogP contribution in [0.25, 0.3) is 11.0 Å². The fourth-order valence-electron chi connectivity index (χ4n) is 1.18. The molecular weight excluding hydrogens is 172 g/mol. The Kier molecular flexibility index (Phi) is 1.70. The maximum Gasteiger partial charge on any atom is 0.161 e. The van der Waals surface area contributed by atoms with Crippen molar-refractivity contribution < 1.29 is 0 Å². The second kappa shape index (κ2) is 2.72. The van der Waals surface area contributed by atoms with Crippen molar-refractivity contribution in [2.75, 3.05) is 0 Å². The lowest BCUT2D eigenvalue weighted by atomic mass is 10.2. The van der Waals surface area contributed by atoms with Gasteiger partial charge in [0.1, 0.15) is 5.15 Å². The second-order valence-corrected chi connectivity index (χ2v) is 3.02. The summed E-state index contributed by atoms with van der Waals surface area (Å²) in [5.41, 5.74) is 1.82. The molecule has 0 aliphatic carbocycles. The molecule has 2 heterocycles. The molecule has 0 amide bonds. The van der Waals surface area contributed by atoms with Crippen LogP contribution in [0.2, 0.25) is 5.15 Å². The minimum atomic E-state index is 0.499. The third-order valence-electron chi connectivity index (χ3n) is 1.76. The van der Waals surface area contributed by atoms with Crippen molar-refractivity contribution in [3.63, 3.8) is 0 Å². The molecule has 2 rings (SSSR count). The van der Waals surface area contributed by atoms with Gasteiger partial charge in [0.05, 0.1) is 0 Å². The SMILES string of the molecule is Cc1cc(Cl)nc2ncccc12. The molecule has 0 unspecified atom stereocenters. The molecule has 60 valence electrons. The van der Waals surface area contributed by atoms with E-state index in [1.165, 1.54) is 0 Å². The van der Waals surface area contributed by atoms with Gasteiger partial charge in [0.15, 0.2) is 5.65 Å². The molecule has 3 heteroatoms. The smallest absolute Gasteiger partial charge is 0.161 e. The molecule has 12 heavy (non-hydrogen) atoms. The van der Waals surface area contributed by atoms with Crippen molar-refractivity contribution in [1.29, 1.82) is 0 Å². The Balaban J connectivity index is 2.89. The van der Waals surface area contributed by atoms with Gasteiger partial charge in [0, 0.05) is 11.6 Å². The summed E-state index contributed by atoms with van der Waals surface area (Å²) < 4.78 is 0. The summed E-state index contributed by atoms with van der Waals surface area (Å²) in [6.07, 6.45) is 1.71. The molecule has 0 atom stereocenters. The lowest BCUT2D eigenvalue weighted by Gasteiger charge is -1.99. The van der Waals surface area contributed by atoms with E-state index in [-0.39, 0.29) is 0 Å². The van der Waals surface area contributed by atoms with E-state index in [1.54, 1.807) is 6.20 Å². The first-order chi connectivity index (χ1) is 5.77. The van der Waals surface area contributed by atoms with Crippen molar-refractivity contribution in [2.45, 2.75) is 6.92 Å². The zero-order valence-electron chi connectivity index (χ0n) is 6.58. The summed E-state index contributed by atoms with van der Waals surface area (Å²) in [5.74, 6) is 0. The zero-order chi connectivity index (χ0) is 8.55. The molecule has 0 aliphatic heterocycles. The molecule has 0 aliphatic rings. The Hall–Kier alpha value is -1.15. The molecule has 2 aromatic rings. The van der Waals surface area contributed by atoms with Crippen LogP contribution in [0.4, 0.5) is 0 Å². The highest BCUT2D eigenvalue weighted by Gasteiger charge is 1.99. The van der Waals surface area contributed by atoms with Crippen LogP contribution in [0, 0.1) is 6.92 Å². The third-order valence-corrected chi connectivity index (χ3v) is 1.95. The lowest BCUT2D eigenvalue weighted by Crippen LogP contribution is -1.86.